The summed E-state index contributed by atoms with van der Waals surface area (Å²) in [4.78, 5) is 8.96. The predicted octanol–water partition coefficient (Wildman–Crippen LogP) is 2.45. The van der Waals surface area contributed by atoms with Crippen LogP contribution in [0.3, 0.4) is 0 Å². The number of nitrogens with one attached hydrogen (secondary N) is 1. The Morgan fingerprint density at radius 2 is 2.28 bits per heavy atom. The van der Waals surface area contributed by atoms with Gasteiger partial charge in [0.15, 0.2) is 0 Å². The molecular formula is C13H20N4S. The van der Waals surface area contributed by atoms with Crippen LogP contribution in [0.5, 0.6) is 0 Å². The van der Waals surface area contributed by atoms with E-state index in [-0.39, 0.29) is 0 Å². The van der Waals surface area contributed by atoms with Gasteiger partial charge in [-0.1, -0.05) is 13.8 Å². The van der Waals surface area contributed by atoms with Crippen LogP contribution in [-0.4, -0.2) is 21.1 Å². The smallest absolute Gasteiger partial charge is 0.108 e. The number of rotatable bonds is 7. The van der Waals surface area contributed by atoms with Gasteiger partial charge in [-0.15, -0.1) is 11.3 Å². The van der Waals surface area contributed by atoms with Gasteiger partial charge in [-0.3, -0.25) is 0 Å². The van der Waals surface area contributed by atoms with E-state index in [2.05, 4.69) is 39.1 Å². The first-order valence-corrected chi connectivity index (χ1v) is 7.35. The lowest BCUT2D eigenvalue weighted by Crippen LogP contribution is -2.13. The lowest BCUT2D eigenvalue weighted by atomic mass is 10.4. The molecule has 98 valence electrons. The Hall–Kier alpha value is -1.20. The number of hydrogen-bond acceptors (Lipinski definition) is 4. The number of thiazole rings is 1. The van der Waals surface area contributed by atoms with Crippen LogP contribution in [0.4, 0.5) is 0 Å². The third-order valence-electron chi connectivity index (χ3n) is 2.75. The fourth-order valence-electron chi connectivity index (χ4n) is 1.85. The Morgan fingerprint density at radius 1 is 1.39 bits per heavy atom. The monoisotopic (exact) mass is 264 g/mol. The molecule has 0 radical (unpaired) electrons. The van der Waals surface area contributed by atoms with E-state index in [1.807, 2.05) is 12.4 Å². The van der Waals surface area contributed by atoms with Crippen LogP contribution < -0.4 is 5.32 Å². The highest BCUT2D eigenvalue weighted by Gasteiger charge is 2.05. The average molecular weight is 264 g/mol. The Kier molecular flexibility index (Phi) is 4.90. The third-order valence-corrected chi connectivity index (χ3v) is 3.65. The van der Waals surface area contributed by atoms with Crippen molar-refractivity contribution in [1.82, 2.24) is 19.9 Å². The van der Waals surface area contributed by atoms with Crippen LogP contribution in [0.2, 0.25) is 0 Å². The maximum Gasteiger partial charge on any atom is 0.108 e. The number of hydrogen-bond donors (Lipinski definition) is 1. The maximum absolute atomic E-state index is 4.64. The lowest BCUT2D eigenvalue weighted by Gasteiger charge is -2.03. The average Bonchev–Trinajstić information content (AvgIpc) is 2.99. The largest absolute Gasteiger partial charge is 0.329 e. The van der Waals surface area contributed by atoms with Crippen molar-refractivity contribution in [3.8, 4) is 0 Å². The normalized spacial score (nSPS) is 11.0. The van der Waals surface area contributed by atoms with Crippen LogP contribution in [0.15, 0.2) is 17.8 Å². The van der Waals surface area contributed by atoms with Crippen molar-refractivity contribution in [2.24, 2.45) is 0 Å². The van der Waals surface area contributed by atoms with Gasteiger partial charge in [-0.25, -0.2) is 9.97 Å². The summed E-state index contributed by atoms with van der Waals surface area (Å²) in [7, 11) is 0. The molecule has 2 aromatic rings. The second-order valence-electron chi connectivity index (χ2n) is 4.23. The molecule has 0 unspecified atom stereocenters. The maximum atomic E-state index is 4.64. The molecule has 2 aromatic heterocycles. The molecule has 0 spiro atoms. The molecular weight excluding hydrogens is 244 g/mol. The second-order valence-corrected chi connectivity index (χ2v) is 5.18. The molecule has 0 atom stereocenters. The number of aromatic nitrogens is 3. The van der Waals surface area contributed by atoms with E-state index in [1.54, 1.807) is 11.3 Å². The van der Waals surface area contributed by atoms with Crippen LogP contribution in [-0.2, 0) is 19.5 Å². The Morgan fingerprint density at radius 3 is 3.06 bits per heavy atom. The van der Waals surface area contributed by atoms with E-state index >= 15 is 0 Å². The van der Waals surface area contributed by atoms with Gasteiger partial charge in [-0.05, 0) is 13.0 Å². The van der Waals surface area contributed by atoms with E-state index in [4.69, 9.17) is 0 Å². The van der Waals surface area contributed by atoms with Crippen molar-refractivity contribution >= 4 is 11.3 Å². The first-order chi connectivity index (χ1) is 8.83. The zero-order chi connectivity index (χ0) is 12.8. The molecule has 5 heteroatoms. The minimum Gasteiger partial charge on any atom is -0.329 e. The van der Waals surface area contributed by atoms with Gasteiger partial charge in [0.1, 0.15) is 10.8 Å². The summed E-state index contributed by atoms with van der Waals surface area (Å²) in [5.41, 5.74) is 1.13. The van der Waals surface area contributed by atoms with Gasteiger partial charge in [0.25, 0.3) is 0 Å². The topological polar surface area (TPSA) is 42.7 Å². The standard InChI is InChI=1S/C13H20N4S/c1-3-5-14-8-13-16-11(10-18-13)9-17-7-6-15-12(17)4-2/h6-7,10,14H,3-5,8-9H2,1-2H3. The number of nitrogens with zero attached hydrogens (tertiary/aromatic N) is 3. The van der Waals surface area contributed by atoms with Crippen LogP contribution in [0.1, 0.15) is 36.8 Å². The first kappa shape index (κ1) is 13.2. The van der Waals surface area contributed by atoms with E-state index in [0.29, 0.717) is 0 Å². The van der Waals surface area contributed by atoms with Gasteiger partial charge in [-0.2, -0.15) is 0 Å². The SMILES string of the molecule is CCCNCc1nc(Cn2ccnc2CC)cs1. The van der Waals surface area contributed by atoms with E-state index < -0.39 is 0 Å². The quantitative estimate of drug-likeness (QED) is 0.781. The summed E-state index contributed by atoms with van der Waals surface area (Å²) in [6, 6.07) is 0. The van der Waals surface area contributed by atoms with Crippen LogP contribution >= 0.6 is 11.3 Å². The highest BCUT2D eigenvalue weighted by atomic mass is 32.1. The predicted molar refractivity (Wildman–Crippen MR) is 74.8 cm³/mol. The van der Waals surface area contributed by atoms with Crippen molar-refractivity contribution in [1.29, 1.82) is 0 Å². The lowest BCUT2D eigenvalue weighted by molar-refractivity contribution is 0.666. The van der Waals surface area contributed by atoms with E-state index in [1.165, 1.54) is 0 Å². The number of aryl methyl sites for hydroxylation is 1. The molecule has 2 rings (SSSR count). The molecule has 0 aromatic carbocycles. The molecule has 4 nitrogen and oxygen atoms in total. The summed E-state index contributed by atoms with van der Waals surface area (Å²) >= 11 is 1.73. The van der Waals surface area contributed by atoms with Crippen molar-refractivity contribution in [2.75, 3.05) is 6.54 Å². The molecule has 0 fully saturated rings. The van der Waals surface area contributed by atoms with Crippen molar-refractivity contribution < 1.29 is 0 Å². The van der Waals surface area contributed by atoms with Gasteiger partial charge in [0, 0.05) is 30.7 Å². The van der Waals surface area contributed by atoms with Gasteiger partial charge in [0.05, 0.1) is 12.2 Å². The fourth-order valence-corrected chi connectivity index (χ4v) is 2.60. The molecule has 0 aliphatic rings. The van der Waals surface area contributed by atoms with Crippen molar-refractivity contribution in [2.45, 2.75) is 39.8 Å². The molecule has 0 saturated heterocycles. The van der Waals surface area contributed by atoms with Gasteiger partial charge in [0.2, 0.25) is 0 Å². The Balaban J connectivity index is 1.94. The van der Waals surface area contributed by atoms with E-state index in [9.17, 15) is 0 Å². The molecule has 18 heavy (non-hydrogen) atoms. The van der Waals surface area contributed by atoms with Gasteiger partial charge < -0.3 is 9.88 Å². The highest BCUT2D eigenvalue weighted by molar-refractivity contribution is 7.09. The summed E-state index contributed by atoms with van der Waals surface area (Å²) < 4.78 is 2.16. The summed E-state index contributed by atoms with van der Waals surface area (Å²) in [5, 5.41) is 6.68. The van der Waals surface area contributed by atoms with Gasteiger partial charge >= 0.3 is 0 Å². The molecule has 1 N–H and O–H groups in total. The number of imidazole rings is 1. The Bertz CT molecular complexity index is 475. The van der Waals surface area contributed by atoms with Crippen molar-refractivity contribution in [3.05, 3.63) is 34.3 Å². The molecule has 0 aliphatic carbocycles. The first-order valence-electron chi connectivity index (χ1n) is 6.47. The summed E-state index contributed by atoms with van der Waals surface area (Å²) in [5.74, 6) is 1.12. The fraction of sp³-hybridized carbons (Fsp3) is 0.538. The molecule has 0 bridgehead atoms. The second kappa shape index (κ2) is 6.66. The van der Waals surface area contributed by atoms with Crippen LogP contribution in [0, 0.1) is 0 Å². The summed E-state index contributed by atoms with van der Waals surface area (Å²) in [6.45, 7) is 7.05. The van der Waals surface area contributed by atoms with Crippen molar-refractivity contribution in [3.63, 3.8) is 0 Å². The minimum absolute atomic E-state index is 0.827. The molecule has 0 amide bonds. The zero-order valence-corrected chi connectivity index (χ0v) is 11.8. The minimum atomic E-state index is 0.827. The Labute approximate surface area is 112 Å². The van der Waals surface area contributed by atoms with E-state index in [0.717, 1.165) is 49.0 Å². The molecule has 2 heterocycles. The van der Waals surface area contributed by atoms with Crippen LogP contribution in [0.25, 0.3) is 0 Å². The highest BCUT2D eigenvalue weighted by Crippen LogP contribution is 2.12. The molecule has 0 aliphatic heterocycles. The molecule has 0 saturated carbocycles. The summed E-state index contributed by atoms with van der Waals surface area (Å²) in [6.07, 6.45) is 6.00. The zero-order valence-electron chi connectivity index (χ0n) is 11.0. The third kappa shape index (κ3) is 3.40.